The lowest BCUT2D eigenvalue weighted by Crippen LogP contribution is -2.55. The summed E-state index contributed by atoms with van der Waals surface area (Å²) in [7, 11) is -3.15. The van der Waals surface area contributed by atoms with Gasteiger partial charge in [0.25, 0.3) is 5.91 Å². The average molecular weight is 397 g/mol. The van der Waals surface area contributed by atoms with E-state index in [4.69, 9.17) is 0 Å². The number of hydrogen-bond donors (Lipinski definition) is 1. The number of ether oxygens (including phenoxy) is 1. The topological polar surface area (TPSA) is 113 Å². The summed E-state index contributed by atoms with van der Waals surface area (Å²) in [6.45, 7) is 6.17. The molecule has 27 heavy (non-hydrogen) atoms. The number of nitrogens with one attached hydrogen (secondary N) is 1. The first-order valence-corrected chi connectivity index (χ1v) is 9.79. The first-order valence-electron chi connectivity index (χ1n) is 8.39. The molecule has 1 aromatic carbocycles. The Morgan fingerprint density at radius 2 is 1.85 bits per heavy atom. The Morgan fingerprint density at radius 3 is 2.37 bits per heavy atom. The number of carbonyl (C=O) groups excluding carboxylic acids is 3. The molecule has 1 aromatic rings. The van der Waals surface area contributed by atoms with Crippen LogP contribution in [0, 0.1) is 5.92 Å². The molecule has 1 unspecified atom stereocenters. The maximum atomic E-state index is 12.9. The van der Waals surface area contributed by atoms with E-state index in [1.165, 1.54) is 33.1 Å². The minimum atomic E-state index is -4.35. The van der Waals surface area contributed by atoms with Crippen LogP contribution in [0.1, 0.15) is 38.1 Å². The van der Waals surface area contributed by atoms with E-state index in [-0.39, 0.29) is 17.8 Å². The van der Waals surface area contributed by atoms with Crippen molar-refractivity contribution in [2.75, 3.05) is 19.0 Å². The number of methoxy groups -OCH3 is 1. The van der Waals surface area contributed by atoms with Gasteiger partial charge in [-0.1, -0.05) is 26.0 Å². The van der Waals surface area contributed by atoms with Crippen molar-refractivity contribution in [1.82, 2.24) is 8.61 Å². The lowest BCUT2D eigenvalue weighted by atomic mass is 9.87. The van der Waals surface area contributed by atoms with Crippen molar-refractivity contribution in [2.24, 2.45) is 5.92 Å². The number of rotatable bonds is 4. The summed E-state index contributed by atoms with van der Waals surface area (Å²) >= 11 is 0. The molecule has 1 saturated heterocycles. The SMILES string of the molecule is CCN1C(=O)C(C)(C(C)C)N(C(=O)Nc2ccccc2C(=O)OC)S1(=O)=O. The third-order valence-corrected chi connectivity index (χ3v) is 6.75. The minimum absolute atomic E-state index is 0.0647. The van der Waals surface area contributed by atoms with Gasteiger partial charge in [0.05, 0.1) is 18.4 Å². The molecule has 1 atom stereocenters. The van der Waals surface area contributed by atoms with Crippen LogP contribution in [0.3, 0.4) is 0 Å². The summed E-state index contributed by atoms with van der Waals surface area (Å²) < 4.78 is 31.6. The Morgan fingerprint density at radius 1 is 1.26 bits per heavy atom. The molecule has 10 heteroatoms. The van der Waals surface area contributed by atoms with Gasteiger partial charge in [0.1, 0.15) is 5.54 Å². The zero-order chi connectivity index (χ0) is 20.6. The fraction of sp³-hybridized carbons (Fsp3) is 0.471. The fourth-order valence-electron chi connectivity index (χ4n) is 2.93. The first kappa shape index (κ1) is 20.7. The maximum absolute atomic E-state index is 12.9. The number of para-hydroxylation sites is 1. The summed E-state index contributed by atoms with van der Waals surface area (Å²) in [4.78, 5) is 37.6. The van der Waals surface area contributed by atoms with E-state index in [1.54, 1.807) is 26.0 Å². The minimum Gasteiger partial charge on any atom is -0.465 e. The van der Waals surface area contributed by atoms with E-state index in [2.05, 4.69) is 10.1 Å². The lowest BCUT2D eigenvalue weighted by Gasteiger charge is -2.33. The van der Waals surface area contributed by atoms with Gasteiger partial charge in [0.2, 0.25) is 0 Å². The molecule has 9 nitrogen and oxygen atoms in total. The summed E-state index contributed by atoms with van der Waals surface area (Å²) in [5.74, 6) is -1.83. The predicted octanol–water partition coefficient (Wildman–Crippen LogP) is 1.83. The van der Waals surface area contributed by atoms with Gasteiger partial charge in [0.15, 0.2) is 0 Å². The van der Waals surface area contributed by atoms with Gasteiger partial charge in [0, 0.05) is 6.54 Å². The summed E-state index contributed by atoms with van der Waals surface area (Å²) in [5.41, 5.74) is -1.44. The highest BCUT2D eigenvalue weighted by Gasteiger charge is 2.61. The molecule has 1 heterocycles. The lowest BCUT2D eigenvalue weighted by molar-refractivity contribution is -0.133. The molecule has 1 aliphatic heterocycles. The van der Waals surface area contributed by atoms with Gasteiger partial charge >= 0.3 is 22.2 Å². The van der Waals surface area contributed by atoms with Crippen molar-refractivity contribution < 1.29 is 27.5 Å². The van der Waals surface area contributed by atoms with E-state index >= 15 is 0 Å². The second kappa shape index (κ2) is 7.18. The number of benzene rings is 1. The molecule has 1 N–H and O–H groups in total. The van der Waals surface area contributed by atoms with Crippen LogP contribution in [0.25, 0.3) is 0 Å². The van der Waals surface area contributed by atoms with E-state index in [0.29, 0.717) is 8.61 Å². The normalized spacial score (nSPS) is 21.5. The standard InChI is InChI=1S/C17H23N3O6S/c1-6-19-15(22)17(4,11(2)3)20(27(19,24)25)16(23)18-13-10-8-7-9-12(13)14(21)26-5/h7-11H,6H2,1-5H3,(H,18,23). The van der Waals surface area contributed by atoms with E-state index in [0.717, 1.165) is 0 Å². The zero-order valence-corrected chi connectivity index (χ0v) is 16.7. The van der Waals surface area contributed by atoms with Gasteiger partial charge in [-0.3, -0.25) is 4.79 Å². The summed E-state index contributed by atoms with van der Waals surface area (Å²) in [6.07, 6.45) is 0. The Bertz CT molecular complexity index is 882. The second-order valence-corrected chi connectivity index (χ2v) is 8.21. The number of carbonyl (C=O) groups is 3. The van der Waals surface area contributed by atoms with Gasteiger partial charge in [-0.05, 0) is 31.9 Å². The monoisotopic (exact) mass is 397 g/mol. The molecular weight excluding hydrogens is 374 g/mol. The summed E-state index contributed by atoms with van der Waals surface area (Å²) in [6, 6.07) is 5.01. The fourth-order valence-corrected chi connectivity index (χ4v) is 4.87. The highest BCUT2D eigenvalue weighted by molar-refractivity contribution is 7.88. The van der Waals surface area contributed by atoms with Crippen LogP contribution in [-0.4, -0.2) is 54.1 Å². The first-order chi connectivity index (χ1) is 12.5. The molecule has 1 fully saturated rings. The third-order valence-electron chi connectivity index (χ3n) is 4.76. The molecule has 0 saturated carbocycles. The molecule has 0 radical (unpaired) electrons. The molecule has 3 amide bonds. The van der Waals surface area contributed by atoms with Crippen molar-refractivity contribution in [2.45, 2.75) is 33.2 Å². The Labute approximate surface area is 158 Å². The van der Waals surface area contributed by atoms with Crippen LogP contribution in [-0.2, 0) is 19.7 Å². The maximum Gasteiger partial charge on any atom is 0.339 e. The molecule has 0 aliphatic carbocycles. The highest BCUT2D eigenvalue weighted by atomic mass is 32.2. The van der Waals surface area contributed by atoms with Crippen LogP contribution in [0.4, 0.5) is 10.5 Å². The molecule has 0 bridgehead atoms. The zero-order valence-electron chi connectivity index (χ0n) is 15.8. The average Bonchev–Trinajstić information content (AvgIpc) is 2.77. The van der Waals surface area contributed by atoms with Crippen molar-refractivity contribution in [1.29, 1.82) is 0 Å². The number of amides is 3. The van der Waals surface area contributed by atoms with Crippen molar-refractivity contribution in [3.63, 3.8) is 0 Å². The predicted molar refractivity (Wildman–Crippen MR) is 98.2 cm³/mol. The van der Waals surface area contributed by atoms with Crippen LogP contribution in [0.5, 0.6) is 0 Å². The van der Waals surface area contributed by atoms with Crippen LogP contribution in [0.15, 0.2) is 24.3 Å². The largest absolute Gasteiger partial charge is 0.465 e. The van der Waals surface area contributed by atoms with Gasteiger partial charge in [-0.2, -0.15) is 12.7 Å². The second-order valence-electron chi connectivity index (χ2n) is 6.51. The molecule has 1 aliphatic rings. The van der Waals surface area contributed by atoms with E-state index in [9.17, 15) is 22.8 Å². The molecule has 148 valence electrons. The van der Waals surface area contributed by atoms with Crippen LogP contribution >= 0.6 is 0 Å². The quantitative estimate of drug-likeness (QED) is 0.776. The molecular formula is C17H23N3O6S. The van der Waals surface area contributed by atoms with Gasteiger partial charge in [-0.25, -0.2) is 13.9 Å². The van der Waals surface area contributed by atoms with Crippen LogP contribution in [0.2, 0.25) is 0 Å². The van der Waals surface area contributed by atoms with Crippen molar-refractivity contribution >= 4 is 33.8 Å². The van der Waals surface area contributed by atoms with E-state index in [1.807, 2.05) is 0 Å². The Balaban J connectivity index is 2.51. The molecule has 0 spiro atoms. The number of urea groups is 1. The smallest absolute Gasteiger partial charge is 0.339 e. The third kappa shape index (κ3) is 3.14. The van der Waals surface area contributed by atoms with Crippen LogP contribution < -0.4 is 5.32 Å². The number of esters is 1. The number of hydrogen-bond acceptors (Lipinski definition) is 6. The highest BCUT2D eigenvalue weighted by Crippen LogP contribution is 2.38. The van der Waals surface area contributed by atoms with Gasteiger partial charge in [-0.15, -0.1) is 0 Å². The molecule has 2 rings (SSSR count). The molecule has 0 aromatic heterocycles. The van der Waals surface area contributed by atoms with Gasteiger partial charge < -0.3 is 10.1 Å². The summed E-state index contributed by atoms with van der Waals surface area (Å²) in [5, 5.41) is 2.43. The van der Waals surface area contributed by atoms with Crippen molar-refractivity contribution in [3.05, 3.63) is 29.8 Å². The number of nitrogens with zero attached hydrogens (tertiary/aromatic N) is 2. The van der Waals surface area contributed by atoms with Crippen molar-refractivity contribution in [3.8, 4) is 0 Å². The Kier molecular flexibility index (Phi) is 5.50. The number of anilines is 1. The van der Waals surface area contributed by atoms with E-state index < -0.39 is 39.6 Å². The number of likely N-dealkylation sites (N-methyl/N-ethyl adjacent to an activating group) is 1. The Hall–Kier alpha value is -2.62.